The first-order valence-electron chi connectivity index (χ1n) is 8.90. The maximum atomic E-state index is 12.4. The Labute approximate surface area is 139 Å². The Kier molecular flexibility index (Phi) is 5.55. The molecule has 4 nitrogen and oxygen atoms in total. The van der Waals surface area contributed by atoms with Crippen molar-refractivity contribution in [1.82, 2.24) is 9.80 Å². The molecule has 2 aliphatic rings. The Hall–Kier alpha value is -1.55. The molecule has 0 aromatic heterocycles. The second-order valence-corrected chi connectivity index (χ2v) is 6.75. The number of ether oxygens (including phenoxy) is 1. The van der Waals surface area contributed by atoms with Crippen molar-refractivity contribution >= 4 is 5.91 Å². The third-order valence-corrected chi connectivity index (χ3v) is 5.26. The number of methoxy groups -OCH3 is 1. The van der Waals surface area contributed by atoms with Crippen molar-refractivity contribution in [2.75, 3.05) is 39.8 Å². The van der Waals surface area contributed by atoms with Crippen LogP contribution in [0.4, 0.5) is 0 Å². The van der Waals surface area contributed by atoms with E-state index in [1.54, 1.807) is 7.11 Å². The zero-order chi connectivity index (χ0) is 16.1. The quantitative estimate of drug-likeness (QED) is 0.837. The molecule has 2 fully saturated rings. The van der Waals surface area contributed by atoms with Gasteiger partial charge in [-0.2, -0.15) is 0 Å². The normalized spacial score (nSPS) is 20.0. The number of amides is 1. The second kappa shape index (κ2) is 7.82. The van der Waals surface area contributed by atoms with Gasteiger partial charge in [-0.1, -0.05) is 25.0 Å². The number of carbonyl (C=O) groups is 1. The number of rotatable bonds is 5. The number of piperazine rings is 1. The largest absolute Gasteiger partial charge is 0.497 e. The molecule has 1 aliphatic carbocycles. The summed E-state index contributed by atoms with van der Waals surface area (Å²) < 4.78 is 5.19. The van der Waals surface area contributed by atoms with Gasteiger partial charge in [0.05, 0.1) is 7.11 Å². The first kappa shape index (κ1) is 16.3. The summed E-state index contributed by atoms with van der Waals surface area (Å²) in [6.45, 7) is 4.89. The number of benzene rings is 1. The summed E-state index contributed by atoms with van der Waals surface area (Å²) in [6.07, 6.45) is 5.74. The van der Waals surface area contributed by atoms with E-state index in [-0.39, 0.29) is 0 Å². The minimum absolute atomic E-state index is 0.320. The van der Waals surface area contributed by atoms with E-state index in [2.05, 4.69) is 21.9 Å². The molecule has 1 heterocycles. The van der Waals surface area contributed by atoms with Crippen LogP contribution in [0.25, 0.3) is 0 Å². The van der Waals surface area contributed by atoms with Crippen LogP contribution in [0.2, 0.25) is 0 Å². The smallest absolute Gasteiger partial charge is 0.225 e. The molecule has 1 aromatic carbocycles. The molecule has 1 aliphatic heterocycles. The molecule has 3 rings (SSSR count). The summed E-state index contributed by atoms with van der Waals surface area (Å²) in [7, 11) is 1.70. The van der Waals surface area contributed by atoms with Crippen LogP contribution >= 0.6 is 0 Å². The Bertz CT molecular complexity index is 501. The van der Waals surface area contributed by atoms with Gasteiger partial charge in [-0.3, -0.25) is 9.69 Å². The van der Waals surface area contributed by atoms with Crippen molar-refractivity contribution in [1.29, 1.82) is 0 Å². The molecule has 1 aromatic rings. The monoisotopic (exact) mass is 316 g/mol. The van der Waals surface area contributed by atoms with Crippen LogP contribution < -0.4 is 4.74 Å². The van der Waals surface area contributed by atoms with Crippen LogP contribution in [-0.2, 0) is 11.2 Å². The fourth-order valence-electron chi connectivity index (χ4n) is 3.70. The molecular formula is C19H28N2O2. The predicted octanol–water partition coefficient (Wildman–Crippen LogP) is 2.57. The zero-order valence-electron chi connectivity index (χ0n) is 14.2. The molecule has 1 amide bonds. The van der Waals surface area contributed by atoms with Gasteiger partial charge in [0.2, 0.25) is 5.91 Å². The van der Waals surface area contributed by atoms with Gasteiger partial charge in [0.1, 0.15) is 5.75 Å². The van der Waals surface area contributed by atoms with E-state index < -0.39 is 0 Å². The lowest BCUT2D eigenvalue weighted by molar-refractivity contribution is -0.137. The van der Waals surface area contributed by atoms with Crippen molar-refractivity contribution < 1.29 is 9.53 Å². The Morgan fingerprint density at radius 3 is 2.35 bits per heavy atom. The first-order chi connectivity index (χ1) is 11.3. The molecule has 23 heavy (non-hydrogen) atoms. The van der Waals surface area contributed by atoms with Crippen LogP contribution in [0.1, 0.15) is 31.2 Å². The minimum Gasteiger partial charge on any atom is -0.497 e. The topological polar surface area (TPSA) is 32.8 Å². The SMILES string of the molecule is COc1ccc(CCN2CCN(C(=O)C3CCCC3)CC2)cc1. The lowest BCUT2D eigenvalue weighted by Crippen LogP contribution is -2.50. The van der Waals surface area contributed by atoms with E-state index in [4.69, 9.17) is 4.74 Å². The van der Waals surface area contributed by atoms with Gasteiger partial charge < -0.3 is 9.64 Å². The highest BCUT2D eigenvalue weighted by atomic mass is 16.5. The highest BCUT2D eigenvalue weighted by molar-refractivity contribution is 5.79. The summed E-state index contributed by atoms with van der Waals surface area (Å²) in [5.41, 5.74) is 1.34. The lowest BCUT2D eigenvalue weighted by Gasteiger charge is -2.36. The fourth-order valence-corrected chi connectivity index (χ4v) is 3.70. The lowest BCUT2D eigenvalue weighted by atomic mass is 10.1. The van der Waals surface area contributed by atoms with E-state index in [1.165, 1.54) is 18.4 Å². The molecule has 0 atom stereocenters. The van der Waals surface area contributed by atoms with Crippen LogP contribution in [-0.4, -0.2) is 55.5 Å². The summed E-state index contributed by atoms with van der Waals surface area (Å²) in [5.74, 6) is 1.64. The second-order valence-electron chi connectivity index (χ2n) is 6.75. The molecular weight excluding hydrogens is 288 g/mol. The van der Waals surface area contributed by atoms with E-state index in [9.17, 15) is 4.79 Å². The zero-order valence-corrected chi connectivity index (χ0v) is 14.2. The fraction of sp³-hybridized carbons (Fsp3) is 0.632. The van der Waals surface area contributed by atoms with Gasteiger partial charge in [-0.25, -0.2) is 0 Å². The van der Waals surface area contributed by atoms with Crippen molar-refractivity contribution in [3.8, 4) is 5.75 Å². The maximum Gasteiger partial charge on any atom is 0.225 e. The van der Waals surface area contributed by atoms with Crippen LogP contribution in [0.5, 0.6) is 5.75 Å². The number of hydrogen-bond acceptors (Lipinski definition) is 3. The molecule has 1 saturated carbocycles. The molecule has 4 heteroatoms. The maximum absolute atomic E-state index is 12.4. The van der Waals surface area contributed by atoms with E-state index in [0.29, 0.717) is 11.8 Å². The highest BCUT2D eigenvalue weighted by Gasteiger charge is 2.29. The summed E-state index contributed by atoms with van der Waals surface area (Å²) >= 11 is 0. The van der Waals surface area contributed by atoms with Crippen LogP contribution in [0, 0.1) is 5.92 Å². The summed E-state index contributed by atoms with van der Waals surface area (Å²) in [5, 5.41) is 0. The average molecular weight is 316 g/mol. The van der Waals surface area contributed by atoms with Gasteiger partial charge in [0.15, 0.2) is 0 Å². The van der Waals surface area contributed by atoms with Gasteiger partial charge >= 0.3 is 0 Å². The molecule has 126 valence electrons. The number of nitrogens with zero attached hydrogens (tertiary/aromatic N) is 2. The van der Waals surface area contributed by atoms with Crippen molar-refractivity contribution in [2.24, 2.45) is 5.92 Å². The van der Waals surface area contributed by atoms with Gasteiger partial charge in [-0.05, 0) is 37.0 Å². The summed E-state index contributed by atoms with van der Waals surface area (Å²) in [6, 6.07) is 8.32. The molecule has 0 unspecified atom stereocenters. The minimum atomic E-state index is 0.320. The van der Waals surface area contributed by atoms with E-state index >= 15 is 0 Å². The molecule has 0 N–H and O–H groups in total. The van der Waals surface area contributed by atoms with Crippen molar-refractivity contribution in [2.45, 2.75) is 32.1 Å². The Balaban J connectivity index is 1.41. The first-order valence-corrected chi connectivity index (χ1v) is 8.90. The van der Waals surface area contributed by atoms with Gasteiger partial charge in [0, 0.05) is 38.6 Å². The Morgan fingerprint density at radius 1 is 1.09 bits per heavy atom. The summed E-state index contributed by atoms with van der Waals surface area (Å²) in [4.78, 5) is 17.0. The third kappa shape index (κ3) is 4.25. The van der Waals surface area contributed by atoms with E-state index in [0.717, 1.165) is 57.7 Å². The average Bonchev–Trinajstić information content (AvgIpc) is 3.15. The number of hydrogen-bond donors (Lipinski definition) is 0. The van der Waals surface area contributed by atoms with Crippen LogP contribution in [0.3, 0.4) is 0 Å². The van der Waals surface area contributed by atoms with Gasteiger partial charge in [-0.15, -0.1) is 0 Å². The molecule has 0 bridgehead atoms. The molecule has 1 saturated heterocycles. The molecule has 0 radical (unpaired) electrons. The van der Waals surface area contributed by atoms with Crippen LogP contribution in [0.15, 0.2) is 24.3 Å². The standard InChI is InChI=1S/C19H28N2O2/c1-23-18-8-6-16(7-9-18)10-11-20-12-14-21(15-13-20)19(22)17-4-2-3-5-17/h6-9,17H,2-5,10-15H2,1H3. The predicted molar refractivity (Wildman–Crippen MR) is 91.7 cm³/mol. The van der Waals surface area contributed by atoms with Gasteiger partial charge in [0.25, 0.3) is 0 Å². The van der Waals surface area contributed by atoms with Crippen molar-refractivity contribution in [3.05, 3.63) is 29.8 Å². The number of carbonyl (C=O) groups excluding carboxylic acids is 1. The third-order valence-electron chi connectivity index (χ3n) is 5.26. The Morgan fingerprint density at radius 2 is 1.74 bits per heavy atom. The van der Waals surface area contributed by atoms with E-state index in [1.807, 2.05) is 12.1 Å². The van der Waals surface area contributed by atoms with Crippen molar-refractivity contribution in [3.63, 3.8) is 0 Å². The molecule has 0 spiro atoms. The highest BCUT2D eigenvalue weighted by Crippen LogP contribution is 2.26.